The third-order valence-corrected chi connectivity index (χ3v) is 3.54. The molecule has 0 spiro atoms. The summed E-state index contributed by atoms with van der Waals surface area (Å²) in [6.07, 6.45) is 1.72. The molecule has 0 amide bonds. The van der Waals surface area contributed by atoms with Crippen molar-refractivity contribution >= 4 is 22.9 Å². The smallest absolute Gasteiger partial charge is 0.129 e. The van der Waals surface area contributed by atoms with Gasteiger partial charge in [0.1, 0.15) is 10.8 Å². The maximum atomic E-state index is 13.6. The van der Waals surface area contributed by atoms with Crippen molar-refractivity contribution in [2.24, 2.45) is 5.73 Å². The molecule has 0 saturated heterocycles. The summed E-state index contributed by atoms with van der Waals surface area (Å²) in [5.41, 5.74) is 6.26. The van der Waals surface area contributed by atoms with Crippen LogP contribution in [-0.4, -0.2) is 4.98 Å². The topological polar surface area (TPSA) is 38.9 Å². The summed E-state index contributed by atoms with van der Waals surface area (Å²) < 4.78 is 13.6. The molecule has 1 unspecified atom stereocenters. The fourth-order valence-electron chi connectivity index (χ4n) is 1.45. The van der Waals surface area contributed by atoms with Gasteiger partial charge in [-0.2, -0.15) is 0 Å². The molecule has 2 nitrogen and oxygen atoms in total. The molecule has 2 aromatic rings. The number of aryl methyl sites for hydroxylation is 1. The van der Waals surface area contributed by atoms with Gasteiger partial charge in [0.15, 0.2) is 0 Å². The number of aromatic nitrogens is 1. The first-order valence-electron chi connectivity index (χ1n) is 4.71. The van der Waals surface area contributed by atoms with E-state index in [1.165, 1.54) is 17.4 Å². The van der Waals surface area contributed by atoms with E-state index in [2.05, 4.69) is 4.98 Å². The zero-order valence-electron chi connectivity index (χ0n) is 8.58. The highest BCUT2D eigenvalue weighted by atomic mass is 35.5. The second-order valence-corrected chi connectivity index (χ2v) is 5.10. The van der Waals surface area contributed by atoms with Crippen LogP contribution in [0.25, 0.3) is 0 Å². The molecule has 0 radical (unpaired) electrons. The monoisotopic (exact) mass is 256 g/mol. The molecule has 0 saturated carbocycles. The van der Waals surface area contributed by atoms with Gasteiger partial charge < -0.3 is 5.73 Å². The average molecular weight is 257 g/mol. The lowest BCUT2D eigenvalue weighted by Gasteiger charge is -2.11. The Hall–Kier alpha value is -0.970. The number of hydrogen-bond acceptors (Lipinski definition) is 3. The molecule has 5 heteroatoms. The lowest BCUT2D eigenvalue weighted by molar-refractivity contribution is 0.599. The van der Waals surface area contributed by atoms with Gasteiger partial charge in [0, 0.05) is 21.7 Å². The standard InChI is InChI=1S/C11H10ClFN2S/c1-6-5-15-11(16-6)10(14)9-7(12)3-2-4-8(9)13/h2-5,10H,14H2,1H3. The molecular formula is C11H10ClFN2S. The number of benzene rings is 1. The van der Waals surface area contributed by atoms with Gasteiger partial charge in [0.2, 0.25) is 0 Å². The Morgan fingerprint density at radius 2 is 2.25 bits per heavy atom. The van der Waals surface area contributed by atoms with Crippen molar-refractivity contribution in [3.8, 4) is 0 Å². The summed E-state index contributed by atoms with van der Waals surface area (Å²) in [7, 11) is 0. The van der Waals surface area contributed by atoms with Crippen LogP contribution in [0.4, 0.5) is 4.39 Å². The zero-order valence-corrected chi connectivity index (χ0v) is 10.1. The lowest BCUT2D eigenvalue weighted by atomic mass is 10.1. The number of nitrogens with zero attached hydrogens (tertiary/aromatic N) is 1. The van der Waals surface area contributed by atoms with E-state index in [-0.39, 0.29) is 0 Å². The molecule has 1 atom stereocenters. The first-order chi connectivity index (χ1) is 7.59. The van der Waals surface area contributed by atoms with Crippen molar-refractivity contribution in [3.63, 3.8) is 0 Å². The van der Waals surface area contributed by atoms with Gasteiger partial charge in [0.05, 0.1) is 6.04 Å². The number of rotatable bonds is 2. The number of halogens is 2. The predicted octanol–water partition coefficient (Wildman–Crippen LogP) is 3.29. The van der Waals surface area contributed by atoms with Crippen molar-refractivity contribution in [1.82, 2.24) is 4.98 Å². The number of hydrogen-bond donors (Lipinski definition) is 1. The molecule has 0 aliphatic carbocycles. The van der Waals surface area contributed by atoms with Gasteiger partial charge in [-0.3, -0.25) is 0 Å². The molecular weight excluding hydrogens is 247 g/mol. The summed E-state index contributed by atoms with van der Waals surface area (Å²) in [4.78, 5) is 5.18. The Kier molecular flexibility index (Phi) is 3.23. The van der Waals surface area contributed by atoms with Gasteiger partial charge in [-0.05, 0) is 19.1 Å². The van der Waals surface area contributed by atoms with Crippen LogP contribution in [0.15, 0.2) is 24.4 Å². The van der Waals surface area contributed by atoms with Crippen LogP contribution < -0.4 is 5.73 Å². The number of thiazole rings is 1. The molecule has 0 bridgehead atoms. The fourth-order valence-corrected chi connectivity index (χ4v) is 2.51. The highest BCUT2D eigenvalue weighted by Crippen LogP contribution is 2.30. The molecule has 1 aromatic heterocycles. The predicted molar refractivity (Wildman–Crippen MR) is 64.3 cm³/mol. The van der Waals surface area contributed by atoms with E-state index in [1.54, 1.807) is 18.3 Å². The van der Waals surface area contributed by atoms with Crippen LogP contribution >= 0.6 is 22.9 Å². The van der Waals surface area contributed by atoms with E-state index in [4.69, 9.17) is 17.3 Å². The highest BCUT2D eigenvalue weighted by molar-refractivity contribution is 7.11. The van der Waals surface area contributed by atoms with Crippen molar-refractivity contribution < 1.29 is 4.39 Å². The Labute approximate surface area is 102 Å². The van der Waals surface area contributed by atoms with Crippen molar-refractivity contribution in [3.05, 3.63) is 50.7 Å². The Balaban J connectivity index is 2.45. The van der Waals surface area contributed by atoms with E-state index in [1.807, 2.05) is 6.92 Å². The first-order valence-corrected chi connectivity index (χ1v) is 5.91. The van der Waals surface area contributed by atoms with Crippen molar-refractivity contribution in [2.45, 2.75) is 13.0 Å². The number of nitrogens with two attached hydrogens (primary N) is 1. The van der Waals surface area contributed by atoms with Crippen LogP contribution in [0.3, 0.4) is 0 Å². The third-order valence-electron chi connectivity index (χ3n) is 2.22. The van der Waals surface area contributed by atoms with Gasteiger partial charge in [-0.15, -0.1) is 11.3 Å². The SMILES string of the molecule is Cc1cnc(C(N)c2c(F)cccc2Cl)s1. The Morgan fingerprint density at radius 3 is 2.81 bits per heavy atom. The van der Waals surface area contributed by atoms with E-state index in [0.29, 0.717) is 15.6 Å². The van der Waals surface area contributed by atoms with E-state index in [9.17, 15) is 4.39 Å². The Bertz CT molecular complexity index is 492. The van der Waals surface area contributed by atoms with Crippen LogP contribution in [0.1, 0.15) is 21.5 Å². The van der Waals surface area contributed by atoms with E-state index in [0.717, 1.165) is 4.88 Å². The van der Waals surface area contributed by atoms with Crippen LogP contribution in [0.2, 0.25) is 5.02 Å². The normalized spacial score (nSPS) is 12.8. The minimum atomic E-state index is -0.604. The summed E-state index contributed by atoms with van der Waals surface area (Å²) in [6, 6.07) is 3.93. The molecule has 1 heterocycles. The van der Waals surface area contributed by atoms with Gasteiger partial charge in [0.25, 0.3) is 0 Å². The average Bonchev–Trinajstić information content (AvgIpc) is 2.64. The van der Waals surface area contributed by atoms with Crippen molar-refractivity contribution in [1.29, 1.82) is 0 Å². The van der Waals surface area contributed by atoms with Crippen LogP contribution in [-0.2, 0) is 0 Å². The molecule has 0 aliphatic heterocycles. The van der Waals surface area contributed by atoms with Gasteiger partial charge >= 0.3 is 0 Å². The summed E-state index contributed by atoms with van der Waals surface area (Å²) in [5.74, 6) is -0.396. The lowest BCUT2D eigenvalue weighted by Crippen LogP contribution is -2.13. The van der Waals surface area contributed by atoms with Gasteiger partial charge in [-0.1, -0.05) is 17.7 Å². The molecule has 84 valence electrons. The van der Waals surface area contributed by atoms with Crippen molar-refractivity contribution in [2.75, 3.05) is 0 Å². The summed E-state index contributed by atoms with van der Waals surface area (Å²) >= 11 is 7.38. The minimum Gasteiger partial charge on any atom is -0.318 e. The maximum Gasteiger partial charge on any atom is 0.129 e. The third kappa shape index (κ3) is 2.09. The highest BCUT2D eigenvalue weighted by Gasteiger charge is 2.19. The molecule has 2 rings (SSSR count). The fraction of sp³-hybridized carbons (Fsp3) is 0.182. The quantitative estimate of drug-likeness (QED) is 0.896. The molecule has 0 aliphatic rings. The van der Waals surface area contributed by atoms with E-state index >= 15 is 0 Å². The maximum absolute atomic E-state index is 13.6. The summed E-state index contributed by atoms with van der Waals surface area (Å²) in [5, 5.41) is 1.00. The zero-order chi connectivity index (χ0) is 11.7. The largest absolute Gasteiger partial charge is 0.318 e. The molecule has 0 fully saturated rings. The molecule has 1 aromatic carbocycles. The van der Waals surface area contributed by atoms with E-state index < -0.39 is 11.9 Å². The minimum absolute atomic E-state index is 0.304. The molecule has 16 heavy (non-hydrogen) atoms. The van der Waals surface area contributed by atoms with Crippen LogP contribution in [0, 0.1) is 12.7 Å². The second-order valence-electron chi connectivity index (χ2n) is 3.42. The molecule has 2 N–H and O–H groups in total. The Morgan fingerprint density at radius 1 is 1.50 bits per heavy atom. The van der Waals surface area contributed by atoms with Crippen LogP contribution in [0.5, 0.6) is 0 Å². The second kappa shape index (κ2) is 4.49. The summed E-state index contributed by atoms with van der Waals surface area (Å²) in [6.45, 7) is 1.93. The first kappa shape index (κ1) is 11.5. The van der Waals surface area contributed by atoms with Gasteiger partial charge in [-0.25, -0.2) is 9.37 Å².